The van der Waals surface area contributed by atoms with Crippen molar-refractivity contribution in [3.63, 3.8) is 0 Å². The monoisotopic (exact) mass is 430 g/mol. The molecule has 1 aromatic heterocycles. The smallest absolute Gasteiger partial charge is 0.243 e. The predicted octanol–water partition coefficient (Wildman–Crippen LogP) is 3.81. The molecule has 8 heteroatoms. The maximum absolute atomic E-state index is 13.1. The normalized spacial score (nSPS) is 16.0. The summed E-state index contributed by atoms with van der Waals surface area (Å²) in [5.41, 5.74) is 0.814. The Hall–Kier alpha value is -2.32. The average Bonchev–Trinajstić information content (AvgIpc) is 3.27. The van der Waals surface area contributed by atoms with Gasteiger partial charge in [0.25, 0.3) is 0 Å². The van der Waals surface area contributed by atoms with E-state index < -0.39 is 10.0 Å². The molecule has 1 saturated carbocycles. The molecular weight excluding hydrogens is 400 g/mol. The third-order valence-corrected chi connectivity index (χ3v) is 7.85. The molecule has 1 amide bonds. The summed E-state index contributed by atoms with van der Waals surface area (Å²) in [5.74, 6) is 0.241. The highest BCUT2D eigenvalue weighted by Gasteiger charge is 2.28. The Morgan fingerprint density at radius 2 is 1.70 bits per heavy atom. The molecule has 162 valence electrons. The van der Waals surface area contributed by atoms with Gasteiger partial charge in [-0.1, -0.05) is 51.7 Å². The van der Waals surface area contributed by atoms with Gasteiger partial charge in [0.1, 0.15) is 0 Å². The lowest BCUT2D eigenvalue weighted by Crippen LogP contribution is -2.30. The molecule has 1 fully saturated rings. The van der Waals surface area contributed by atoms with Crippen molar-refractivity contribution in [3.8, 4) is 0 Å². The third-order valence-electron chi connectivity index (χ3n) is 5.79. The number of aromatic nitrogens is 2. The Balaban J connectivity index is 1.84. The van der Waals surface area contributed by atoms with Crippen molar-refractivity contribution in [2.24, 2.45) is 5.92 Å². The van der Waals surface area contributed by atoms with Gasteiger partial charge in [-0.2, -0.15) is 4.31 Å². The van der Waals surface area contributed by atoms with E-state index in [0.29, 0.717) is 19.0 Å². The van der Waals surface area contributed by atoms with E-state index in [1.165, 1.54) is 17.1 Å². The molecule has 0 radical (unpaired) electrons. The number of carbonyl (C=O) groups is 1. The topological polar surface area (TPSA) is 92.3 Å². The number of sulfonamides is 1. The van der Waals surface area contributed by atoms with Gasteiger partial charge in [-0.25, -0.2) is 18.4 Å². The lowest BCUT2D eigenvalue weighted by atomic mass is 9.87. The number of amides is 1. The van der Waals surface area contributed by atoms with Crippen LogP contribution < -0.4 is 5.32 Å². The van der Waals surface area contributed by atoms with Crippen LogP contribution in [0, 0.1) is 5.92 Å². The highest BCUT2D eigenvalue weighted by molar-refractivity contribution is 7.89. The third kappa shape index (κ3) is 5.23. The van der Waals surface area contributed by atoms with Gasteiger partial charge in [-0.3, -0.25) is 10.1 Å². The van der Waals surface area contributed by atoms with E-state index in [1.54, 1.807) is 42.7 Å². The maximum atomic E-state index is 13.1. The molecule has 1 atom stereocenters. The first-order chi connectivity index (χ1) is 14.5. The Kier molecular flexibility index (Phi) is 7.55. The highest BCUT2D eigenvalue weighted by atomic mass is 32.2. The number of carbonyl (C=O) groups excluding carboxylic acids is 1. The van der Waals surface area contributed by atoms with Crippen LogP contribution >= 0.6 is 0 Å². The summed E-state index contributed by atoms with van der Waals surface area (Å²) in [5, 5.41) is 2.81. The molecule has 3 rings (SSSR count). The number of anilines is 1. The number of rotatable bonds is 9. The van der Waals surface area contributed by atoms with E-state index in [4.69, 9.17) is 0 Å². The zero-order chi connectivity index (χ0) is 21.6. The van der Waals surface area contributed by atoms with E-state index in [9.17, 15) is 13.2 Å². The number of nitrogens with zero attached hydrogens (tertiary/aromatic N) is 3. The standard InChI is InChI=1S/C22H30N4O3S/c1-3-26(4-2)30(28,29)19-12-10-18(11-13-19)20(16-17-8-5-6-9-17)21(27)25-22-23-14-7-15-24-22/h7,10-15,17,20H,3-6,8-9,16H2,1-2H3,(H,23,24,25,27). The van der Waals surface area contributed by atoms with Gasteiger partial charge >= 0.3 is 0 Å². The SMILES string of the molecule is CCN(CC)S(=O)(=O)c1ccc(C(CC2CCCC2)C(=O)Nc2ncccn2)cc1. The van der Waals surface area contributed by atoms with Gasteiger partial charge < -0.3 is 0 Å². The van der Waals surface area contributed by atoms with Crippen LogP contribution in [0.3, 0.4) is 0 Å². The molecule has 7 nitrogen and oxygen atoms in total. The molecular formula is C22H30N4O3S. The summed E-state index contributed by atoms with van der Waals surface area (Å²) in [6, 6.07) is 8.44. The summed E-state index contributed by atoms with van der Waals surface area (Å²) < 4.78 is 26.9. The summed E-state index contributed by atoms with van der Waals surface area (Å²) in [4.78, 5) is 21.5. The van der Waals surface area contributed by atoms with E-state index in [0.717, 1.165) is 24.8 Å². The lowest BCUT2D eigenvalue weighted by molar-refractivity contribution is -0.118. The summed E-state index contributed by atoms with van der Waals surface area (Å²) in [7, 11) is -3.52. The number of nitrogens with one attached hydrogen (secondary N) is 1. The van der Waals surface area contributed by atoms with Crippen LogP contribution in [-0.4, -0.2) is 41.7 Å². The molecule has 0 bridgehead atoms. The lowest BCUT2D eigenvalue weighted by Gasteiger charge is -2.21. The van der Waals surface area contributed by atoms with E-state index in [-0.39, 0.29) is 22.7 Å². The summed E-state index contributed by atoms with van der Waals surface area (Å²) in [6.45, 7) is 4.49. The zero-order valence-electron chi connectivity index (χ0n) is 17.6. The minimum atomic E-state index is -3.52. The number of hydrogen-bond donors (Lipinski definition) is 1. The first kappa shape index (κ1) is 22.4. The number of benzene rings is 1. The van der Waals surface area contributed by atoms with Gasteiger partial charge in [0.2, 0.25) is 21.9 Å². The summed E-state index contributed by atoms with van der Waals surface area (Å²) in [6.07, 6.45) is 8.55. The molecule has 0 aliphatic heterocycles. The van der Waals surface area contributed by atoms with Gasteiger partial charge in [-0.15, -0.1) is 0 Å². The molecule has 30 heavy (non-hydrogen) atoms. The second-order valence-electron chi connectivity index (χ2n) is 7.66. The Morgan fingerprint density at radius 3 is 2.27 bits per heavy atom. The molecule has 1 unspecified atom stereocenters. The van der Waals surface area contributed by atoms with Crippen LogP contribution in [0.1, 0.15) is 57.4 Å². The first-order valence-electron chi connectivity index (χ1n) is 10.6. The molecule has 0 saturated heterocycles. The minimum absolute atomic E-state index is 0.160. The summed E-state index contributed by atoms with van der Waals surface area (Å²) >= 11 is 0. The van der Waals surface area contributed by atoms with Gasteiger partial charge in [-0.05, 0) is 36.1 Å². The van der Waals surface area contributed by atoms with Crippen LogP contribution in [-0.2, 0) is 14.8 Å². The van der Waals surface area contributed by atoms with Crippen molar-refractivity contribution >= 4 is 21.9 Å². The fourth-order valence-corrected chi connectivity index (χ4v) is 5.58. The van der Waals surface area contributed by atoms with Crippen molar-refractivity contribution in [1.29, 1.82) is 0 Å². The molecule has 1 aromatic carbocycles. The average molecular weight is 431 g/mol. The van der Waals surface area contributed by atoms with Crippen LogP contribution in [0.5, 0.6) is 0 Å². The molecule has 1 aliphatic rings. The molecule has 1 heterocycles. The Labute approximate surface area is 179 Å². The van der Waals surface area contributed by atoms with Crippen LogP contribution in [0.2, 0.25) is 0 Å². The van der Waals surface area contributed by atoms with Crippen LogP contribution in [0.15, 0.2) is 47.6 Å². The van der Waals surface area contributed by atoms with Gasteiger partial charge in [0, 0.05) is 25.5 Å². The largest absolute Gasteiger partial charge is 0.294 e. The molecule has 2 aromatic rings. The van der Waals surface area contributed by atoms with Crippen molar-refractivity contribution in [2.45, 2.75) is 56.8 Å². The van der Waals surface area contributed by atoms with Crippen molar-refractivity contribution in [1.82, 2.24) is 14.3 Å². The minimum Gasteiger partial charge on any atom is -0.294 e. The van der Waals surface area contributed by atoms with Gasteiger partial charge in [0.15, 0.2) is 0 Å². The first-order valence-corrected chi connectivity index (χ1v) is 12.1. The van der Waals surface area contributed by atoms with E-state index in [2.05, 4.69) is 15.3 Å². The van der Waals surface area contributed by atoms with Gasteiger partial charge in [0.05, 0.1) is 10.8 Å². The Bertz CT molecular complexity index is 923. The fraction of sp³-hybridized carbons (Fsp3) is 0.500. The zero-order valence-corrected chi connectivity index (χ0v) is 18.4. The molecule has 0 spiro atoms. The van der Waals surface area contributed by atoms with Crippen molar-refractivity contribution in [3.05, 3.63) is 48.3 Å². The predicted molar refractivity (Wildman–Crippen MR) is 117 cm³/mol. The second kappa shape index (κ2) is 10.1. The van der Waals surface area contributed by atoms with E-state index >= 15 is 0 Å². The van der Waals surface area contributed by atoms with Crippen LogP contribution in [0.4, 0.5) is 5.95 Å². The number of hydrogen-bond acceptors (Lipinski definition) is 5. The molecule has 1 aliphatic carbocycles. The Morgan fingerprint density at radius 1 is 1.10 bits per heavy atom. The van der Waals surface area contributed by atoms with E-state index in [1.807, 2.05) is 13.8 Å². The highest BCUT2D eigenvalue weighted by Crippen LogP contribution is 2.35. The molecule has 1 N–H and O–H groups in total. The fourth-order valence-electron chi connectivity index (χ4n) is 4.12. The quantitative estimate of drug-likeness (QED) is 0.653. The van der Waals surface area contributed by atoms with Crippen molar-refractivity contribution < 1.29 is 13.2 Å². The van der Waals surface area contributed by atoms with Crippen LogP contribution in [0.25, 0.3) is 0 Å². The van der Waals surface area contributed by atoms with Crippen molar-refractivity contribution in [2.75, 3.05) is 18.4 Å². The second-order valence-corrected chi connectivity index (χ2v) is 9.60. The maximum Gasteiger partial charge on any atom is 0.243 e.